The number of rotatable bonds is 9. The van der Waals surface area contributed by atoms with Gasteiger partial charge in [-0.2, -0.15) is 0 Å². The van der Waals surface area contributed by atoms with E-state index >= 15 is 0 Å². The van der Waals surface area contributed by atoms with Crippen molar-refractivity contribution in [3.8, 4) is 11.5 Å². The smallest absolute Gasteiger partial charge is 0.306 e. The molecule has 9 heteroatoms. The van der Waals surface area contributed by atoms with Crippen molar-refractivity contribution in [1.29, 1.82) is 0 Å². The van der Waals surface area contributed by atoms with Crippen molar-refractivity contribution in [3.05, 3.63) is 54.1 Å². The summed E-state index contributed by atoms with van der Waals surface area (Å²) in [7, 11) is 1.86. The Kier molecular flexibility index (Phi) is 8.89. The van der Waals surface area contributed by atoms with E-state index in [9.17, 15) is 14.7 Å². The summed E-state index contributed by atoms with van der Waals surface area (Å²) in [6.07, 6.45) is 5.63. The second-order valence-electron chi connectivity index (χ2n) is 11.2. The van der Waals surface area contributed by atoms with Crippen LogP contribution in [-0.4, -0.2) is 65.1 Å². The van der Waals surface area contributed by atoms with Gasteiger partial charge in [-0.1, -0.05) is 18.2 Å². The van der Waals surface area contributed by atoms with Crippen LogP contribution in [-0.2, 0) is 20.9 Å². The summed E-state index contributed by atoms with van der Waals surface area (Å²) >= 11 is 0. The van der Waals surface area contributed by atoms with Crippen molar-refractivity contribution in [1.82, 2.24) is 9.80 Å². The van der Waals surface area contributed by atoms with E-state index in [4.69, 9.17) is 20.2 Å². The van der Waals surface area contributed by atoms with E-state index in [0.717, 1.165) is 48.4 Å². The quantitative estimate of drug-likeness (QED) is 0.457. The van der Waals surface area contributed by atoms with Crippen molar-refractivity contribution < 1.29 is 24.2 Å². The molecule has 1 atom stereocenters. The third-order valence-electron chi connectivity index (χ3n) is 8.75. The normalized spacial score (nSPS) is 22.1. The highest BCUT2D eigenvalue weighted by atomic mass is 16.5. The SMILES string of the molecule is CN(C(=O)CCC(C1CCOCC1)N1Cc2cc(Oc3ccccc3)ccc2N=C1N)[C@H]1CC[C@@H](C(=O)O)CC1. The number of guanidine groups is 1. The van der Waals surface area contributed by atoms with Crippen LogP contribution in [0.1, 0.15) is 56.9 Å². The van der Waals surface area contributed by atoms with Crippen LogP contribution in [0.2, 0.25) is 0 Å². The lowest BCUT2D eigenvalue weighted by atomic mass is 9.85. The maximum atomic E-state index is 13.3. The first kappa shape index (κ1) is 28.0. The van der Waals surface area contributed by atoms with Crippen LogP contribution in [0.4, 0.5) is 5.69 Å². The Balaban J connectivity index is 1.27. The predicted octanol–water partition coefficient (Wildman–Crippen LogP) is 4.92. The zero-order valence-corrected chi connectivity index (χ0v) is 23.2. The van der Waals surface area contributed by atoms with Gasteiger partial charge in [-0.25, -0.2) is 4.99 Å². The molecule has 3 N–H and O–H groups in total. The Hall–Kier alpha value is -3.59. The summed E-state index contributed by atoms with van der Waals surface area (Å²) in [5.74, 6) is 1.43. The molecule has 9 nitrogen and oxygen atoms in total. The Labute approximate surface area is 236 Å². The molecule has 0 spiro atoms. The highest BCUT2D eigenvalue weighted by molar-refractivity contribution is 5.84. The van der Waals surface area contributed by atoms with E-state index in [0.29, 0.717) is 57.3 Å². The van der Waals surface area contributed by atoms with Gasteiger partial charge in [0.15, 0.2) is 5.96 Å². The number of para-hydroxylation sites is 1. The van der Waals surface area contributed by atoms with Crippen LogP contribution >= 0.6 is 0 Å². The lowest BCUT2D eigenvalue weighted by Crippen LogP contribution is -2.50. The molecule has 0 aromatic heterocycles. The number of carbonyl (C=O) groups is 2. The number of carboxylic acid groups (broad SMARTS) is 1. The van der Waals surface area contributed by atoms with E-state index in [1.807, 2.05) is 60.5 Å². The van der Waals surface area contributed by atoms with E-state index in [1.165, 1.54) is 0 Å². The van der Waals surface area contributed by atoms with Crippen LogP contribution in [0.5, 0.6) is 11.5 Å². The van der Waals surface area contributed by atoms with Gasteiger partial charge in [0.1, 0.15) is 11.5 Å². The summed E-state index contributed by atoms with van der Waals surface area (Å²) in [5.41, 5.74) is 8.43. The molecule has 1 amide bonds. The van der Waals surface area contributed by atoms with E-state index in [2.05, 4.69) is 4.90 Å². The molecule has 40 heavy (non-hydrogen) atoms. The maximum Gasteiger partial charge on any atom is 0.306 e. The van der Waals surface area contributed by atoms with Gasteiger partial charge in [-0.05, 0) is 81.2 Å². The van der Waals surface area contributed by atoms with Crippen LogP contribution in [0.25, 0.3) is 0 Å². The number of benzene rings is 2. The zero-order chi connectivity index (χ0) is 28.1. The fourth-order valence-electron chi connectivity index (χ4n) is 6.33. The molecule has 0 radical (unpaired) electrons. The van der Waals surface area contributed by atoms with Crippen molar-refractivity contribution in [2.24, 2.45) is 22.6 Å². The molecule has 2 aromatic rings. The van der Waals surface area contributed by atoms with Crippen LogP contribution in [0.3, 0.4) is 0 Å². The number of nitrogens with zero attached hydrogens (tertiary/aromatic N) is 3. The molecule has 5 rings (SSSR count). The first-order valence-electron chi connectivity index (χ1n) is 14.4. The molecule has 2 fully saturated rings. The van der Waals surface area contributed by atoms with Crippen molar-refractivity contribution in [3.63, 3.8) is 0 Å². The number of amides is 1. The lowest BCUT2D eigenvalue weighted by molar-refractivity contribution is -0.143. The average Bonchev–Trinajstić information content (AvgIpc) is 2.98. The number of hydrogen-bond donors (Lipinski definition) is 2. The molecule has 3 aliphatic rings. The second kappa shape index (κ2) is 12.7. The Bertz CT molecular complexity index is 1210. The summed E-state index contributed by atoms with van der Waals surface area (Å²) in [5, 5.41) is 9.31. The van der Waals surface area contributed by atoms with Gasteiger partial charge < -0.3 is 30.1 Å². The number of fused-ring (bicyclic) bond motifs is 1. The molecular weight excluding hydrogens is 508 g/mol. The summed E-state index contributed by atoms with van der Waals surface area (Å²) in [4.78, 5) is 33.4. The zero-order valence-electron chi connectivity index (χ0n) is 23.2. The molecule has 1 saturated carbocycles. The summed E-state index contributed by atoms with van der Waals surface area (Å²) in [6, 6.07) is 15.7. The van der Waals surface area contributed by atoms with Gasteiger partial charge in [-0.3, -0.25) is 9.59 Å². The molecule has 2 aliphatic heterocycles. The molecule has 2 heterocycles. The monoisotopic (exact) mass is 548 g/mol. The first-order chi connectivity index (χ1) is 19.4. The minimum atomic E-state index is -0.729. The third-order valence-corrected chi connectivity index (χ3v) is 8.75. The van der Waals surface area contributed by atoms with Crippen LogP contribution in [0, 0.1) is 11.8 Å². The molecule has 2 aromatic carbocycles. The molecule has 1 unspecified atom stereocenters. The highest BCUT2D eigenvalue weighted by Gasteiger charge is 2.34. The fourth-order valence-corrected chi connectivity index (χ4v) is 6.33. The van der Waals surface area contributed by atoms with Gasteiger partial charge >= 0.3 is 5.97 Å². The Morgan fingerprint density at radius 2 is 1.80 bits per heavy atom. The molecule has 0 bridgehead atoms. The maximum absolute atomic E-state index is 13.3. The second-order valence-corrected chi connectivity index (χ2v) is 11.2. The topological polar surface area (TPSA) is 118 Å². The summed E-state index contributed by atoms with van der Waals surface area (Å²) in [6.45, 7) is 2.01. The van der Waals surface area contributed by atoms with Gasteiger partial charge in [0.2, 0.25) is 5.91 Å². The fraction of sp³-hybridized carbons (Fsp3) is 0.516. The minimum absolute atomic E-state index is 0.0552. The third kappa shape index (κ3) is 6.58. The van der Waals surface area contributed by atoms with Gasteiger partial charge in [0, 0.05) is 50.9 Å². The predicted molar refractivity (Wildman–Crippen MR) is 153 cm³/mol. The van der Waals surface area contributed by atoms with E-state index in [1.54, 1.807) is 0 Å². The van der Waals surface area contributed by atoms with Crippen molar-refractivity contribution in [2.45, 2.75) is 70.0 Å². The highest BCUT2D eigenvalue weighted by Crippen LogP contribution is 2.35. The van der Waals surface area contributed by atoms with E-state index < -0.39 is 5.97 Å². The molecule has 1 saturated heterocycles. The Morgan fingerprint density at radius 3 is 2.50 bits per heavy atom. The average molecular weight is 549 g/mol. The Morgan fingerprint density at radius 1 is 1.07 bits per heavy atom. The minimum Gasteiger partial charge on any atom is -0.481 e. The number of nitrogens with two attached hydrogens (primary N) is 1. The number of hydrogen-bond acceptors (Lipinski definition) is 7. The van der Waals surface area contributed by atoms with E-state index in [-0.39, 0.29) is 23.9 Å². The number of carboxylic acids is 1. The molecule has 214 valence electrons. The van der Waals surface area contributed by atoms with Crippen molar-refractivity contribution in [2.75, 3.05) is 20.3 Å². The van der Waals surface area contributed by atoms with Crippen molar-refractivity contribution >= 4 is 23.5 Å². The standard InChI is InChI=1S/C31H40N4O5/c1-34(24-9-7-22(8-10-24)30(37)38)29(36)14-13-28(21-15-17-39-18-16-21)35-20-23-19-26(11-12-27(23)33-31(35)32)40-25-5-3-2-4-6-25/h2-6,11-12,19,21-22,24,28H,7-10,13-18,20H2,1H3,(H2,32,33)(H,37,38)/t22-,24+,28?. The molecular formula is C31H40N4O5. The largest absolute Gasteiger partial charge is 0.481 e. The number of aliphatic imine (C=N–C) groups is 1. The molecule has 1 aliphatic carbocycles. The lowest BCUT2D eigenvalue weighted by Gasteiger charge is -2.41. The van der Waals surface area contributed by atoms with Crippen LogP contribution < -0.4 is 10.5 Å². The summed E-state index contributed by atoms with van der Waals surface area (Å²) < 4.78 is 11.7. The number of ether oxygens (including phenoxy) is 2. The van der Waals surface area contributed by atoms with Gasteiger partial charge in [-0.15, -0.1) is 0 Å². The van der Waals surface area contributed by atoms with Gasteiger partial charge in [0.05, 0.1) is 11.6 Å². The van der Waals surface area contributed by atoms with Gasteiger partial charge in [0.25, 0.3) is 0 Å². The number of aliphatic carboxylic acids is 1. The van der Waals surface area contributed by atoms with Crippen LogP contribution in [0.15, 0.2) is 53.5 Å². The first-order valence-corrected chi connectivity index (χ1v) is 14.4. The number of carbonyl (C=O) groups excluding carboxylic acids is 1.